The molecule has 1 heterocycles. The molecule has 0 aliphatic rings. The van der Waals surface area contributed by atoms with E-state index in [4.69, 9.17) is 9.72 Å². The van der Waals surface area contributed by atoms with Crippen LogP contribution >= 0.6 is 0 Å². The Morgan fingerprint density at radius 3 is 2.56 bits per heavy atom. The fourth-order valence-corrected chi connectivity index (χ4v) is 4.24. The number of hydrogen-bond acceptors (Lipinski definition) is 3. The first kappa shape index (κ1) is 23.6. The van der Waals surface area contributed by atoms with Crippen LogP contribution in [0.5, 0.6) is 5.75 Å². The van der Waals surface area contributed by atoms with E-state index < -0.39 is 0 Å². The van der Waals surface area contributed by atoms with Crippen LogP contribution in [0.15, 0.2) is 60.7 Å². The molecule has 0 aliphatic heterocycles. The molecular weight excluding hydrogens is 422 g/mol. The molecule has 0 fully saturated rings. The number of carbonyl (C=O) groups excluding carboxylic acids is 1. The maximum atomic E-state index is 12.6. The molecule has 34 heavy (non-hydrogen) atoms. The van der Waals surface area contributed by atoms with Gasteiger partial charge in [0.2, 0.25) is 0 Å². The minimum absolute atomic E-state index is 0.0206. The Labute approximate surface area is 201 Å². The van der Waals surface area contributed by atoms with Crippen LogP contribution in [-0.4, -0.2) is 28.6 Å². The summed E-state index contributed by atoms with van der Waals surface area (Å²) in [5.41, 5.74) is 7.50. The first-order valence-electron chi connectivity index (χ1n) is 11.9. The molecule has 3 aromatic carbocycles. The molecule has 0 saturated carbocycles. The monoisotopic (exact) mass is 455 g/mol. The number of aromatic nitrogens is 2. The number of nitrogens with zero attached hydrogens (tertiary/aromatic N) is 2. The Bertz CT molecular complexity index is 1310. The number of benzene rings is 3. The molecular formula is C29H33N3O2. The van der Waals surface area contributed by atoms with Crippen molar-refractivity contribution in [2.45, 2.75) is 47.1 Å². The van der Waals surface area contributed by atoms with E-state index in [2.05, 4.69) is 41.9 Å². The second-order valence-electron chi connectivity index (χ2n) is 8.94. The Morgan fingerprint density at radius 1 is 0.941 bits per heavy atom. The molecule has 0 aliphatic carbocycles. The summed E-state index contributed by atoms with van der Waals surface area (Å²) in [6.45, 7) is 10.1. The maximum Gasteiger partial charge on any atom is 0.251 e. The van der Waals surface area contributed by atoms with Gasteiger partial charge in [0.1, 0.15) is 18.2 Å². The van der Waals surface area contributed by atoms with Gasteiger partial charge in [-0.1, -0.05) is 35.9 Å². The van der Waals surface area contributed by atoms with E-state index in [9.17, 15) is 4.79 Å². The second-order valence-corrected chi connectivity index (χ2v) is 8.94. The zero-order valence-electron chi connectivity index (χ0n) is 20.5. The average Bonchev–Trinajstić information content (AvgIpc) is 3.16. The van der Waals surface area contributed by atoms with Crippen molar-refractivity contribution in [3.63, 3.8) is 0 Å². The number of imidazole rings is 1. The van der Waals surface area contributed by atoms with Crippen LogP contribution in [0, 0.1) is 27.7 Å². The summed E-state index contributed by atoms with van der Waals surface area (Å²) < 4.78 is 8.28. The third-order valence-electron chi connectivity index (χ3n) is 6.28. The highest BCUT2D eigenvalue weighted by atomic mass is 16.5. The Hall–Kier alpha value is -3.60. The van der Waals surface area contributed by atoms with Crippen LogP contribution in [0.4, 0.5) is 0 Å². The molecule has 1 amide bonds. The smallest absolute Gasteiger partial charge is 0.251 e. The topological polar surface area (TPSA) is 56.2 Å². The number of fused-ring (bicyclic) bond motifs is 1. The molecule has 0 radical (unpaired) electrons. The number of ether oxygens (including phenoxy) is 1. The quantitative estimate of drug-likeness (QED) is 0.329. The number of nitrogens with one attached hydrogen (secondary N) is 1. The van der Waals surface area contributed by atoms with E-state index >= 15 is 0 Å². The molecule has 0 bridgehead atoms. The number of rotatable bonds is 9. The molecule has 4 rings (SSSR count). The van der Waals surface area contributed by atoms with Gasteiger partial charge in [-0.15, -0.1) is 0 Å². The first-order chi connectivity index (χ1) is 16.4. The lowest BCUT2D eigenvalue weighted by Gasteiger charge is -2.12. The molecule has 5 heteroatoms. The lowest BCUT2D eigenvalue weighted by atomic mass is 10.1. The predicted octanol–water partition coefficient (Wildman–Crippen LogP) is 5.71. The van der Waals surface area contributed by atoms with Gasteiger partial charge >= 0.3 is 0 Å². The van der Waals surface area contributed by atoms with Crippen molar-refractivity contribution in [1.82, 2.24) is 14.9 Å². The molecule has 0 unspecified atom stereocenters. The van der Waals surface area contributed by atoms with E-state index in [0.717, 1.165) is 58.7 Å². The van der Waals surface area contributed by atoms with Gasteiger partial charge in [0.15, 0.2) is 0 Å². The fraction of sp³-hybridized carbons (Fsp3) is 0.310. The summed E-state index contributed by atoms with van der Waals surface area (Å²) in [6.07, 6.45) is 1.60. The molecule has 1 aromatic heterocycles. The number of aryl methyl sites for hydroxylation is 5. The van der Waals surface area contributed by atoms with Gasteiger partial charge in [0.25, 0.3) is 5.91 Å². The van der Waals surface area contributed by atoms with Gasteiger partial charge in [0.05, 0.1) is 17.6 Å². The normalized spacial score (nSPS) is 11.1. The van der Waals surface area contributed by atoms with Gasteiger partial charge in [0, 0.05) is 18.5 Å². The zero-order chi connectivity index (χ0) is 24.1. The highest BCUT2D eigenvalue weighted by Crippen LogP contribution is 2.19. The van der Waals surface area contributed by atoms with Crippen LogP contribution < -0.4 is 10.1 Å². The molecule has 0 saturated heterocycles. The fourth-order valence-electron chi connectivity index (χ4n) is 4.24. The second kappa shape index (κ2) is 10.6. The molecule has 176 valence electrons. The van der Waals surface area contributed by atoms with E-state index in [-0.39, 0.29) is 5.91 Å². The van der Waals surface area contributed by atoms with E-state index in [0.29, 0.717) is 13.2 Å². The highest BCUT2D eigenvalue weighted by Gasteiger charge is 2.12. The summed E-state index contributed by atoms with van der Waals surface area (Å²) in [5, 5.41) is 3.06. The molecule has 0 atom stereocenters. The van der Waals surface area contributed by atoms with Gasteiger partial charge in [-0.05, 0) is 81.1 Å². The lowest BCUT2D eigenvalue weighted by molar-refractivity contribution is 0.0952. The predicted molar refractivity (Wildman–Crippen MR) is 138 cm³/mol. The van der Waals surface area contributed by atoms with E-state index in [1.54, 1.807) is 0 Å². The summed E-state index contributed by atoms with van der Waals surface area (Å²) in [7, 11) is 0. The van der Waals surface area contributed by atoms with Crippen molar-refractivity contribution >= 4 is 16.9 Å². The number of hydrogen-bond donors (Lipinski definition) is 1. The first-order valence-corrected chi connectivity index (χ1v) is 11.9. The van der Waals surface area contributed by atoms with Crippen molar-refractivity contribution in [3.8, 4) is 5.75 Å². The van der Waals surface area contributed by atoms with Crippen LogP contribution in [0.25, 0.3) is 11.0 Å². The minimum atomic E-state index is -0.0206. The highest BCUT2D eigenvalue weighted by molar-refractivity contribution is 5.95. The largest absolute Gasteiger partial charge is 0.492 e. The summed E-state index contributed by atoms with van der Waals surface area (Å²) in [6, 6.07) is 20.3. The zero-order valence-corrected chi connectivity index (χ0v) is 20.5. The lowest BCUT2D eigenvalue weighted by Crippen LogP contribution is -2.25. The molecule has 1 N–H and O–H groups in total. The number of carbonyl (C=O) groups is 1. The number of amides is 1. The third kappa shape index (κ3) is 5.48. The molecule has 0 spiro atoms. The SMILES string of the molecule is Cc1ccc(C(=O)NCCCc2nc3ccccc3n2CCOc2ccc(C)c(C)c2)c(C)c1. The van der Waals surface area contributed by atoms with Gasteiger partial charge in [-0.3, -0.25) is 4.79 Å². The Balaban J connectivity index is 1.37. The average molecular weight is 456 g/mol. The van der Waals surface area contributed by atoms with Crippen molar-refractivity contribution in [3.05, 3.63) is 94.3 Å². The Morgan fingerprint density at radius 2 is 1.76 bits per heavy atom. The summed E-state index contributed by atoms with van der Waals surface area (Å²) >= 11 is 0. The maximum absolute atomic E-state index is 12.6. The van der Waals surface area contributed by atoms with Crippen LogP contribution in [0.2, 0.25) is 0 Å². The van der Waals surface area contributed by atoms with Crippen LogP contribution in [-0.2, 0) is 13.0 Å². The molecule has 4 aromatic rings. The molecule has 5 nitrogen and oxygen atoms in total. The van der Waals surface area contributed by atoms with Crippen LogP contribution in [0.1, 0.15) is 44.9 Å². The minimum Gasteiger partial charge on any atom is -0.492 e. The number of para-hydroxylation sites is 2. The van der Waals surface area contributed by atoms with Crippen LogP contribution in [0.3, 0.4) is 0 Å². The van der Waals surface area contributed by atoms with Gasteiger partial charge in [-0.25, -0.2) is 4.98 Å². The van der Waals surface area contributed by atoms with E-state index in [1.165, 1.54) is 11.1 Å². The summed E-state index contributed by atoms with van der Waals surface area (Å²) in [5.74, 6) is 1.89. The standard InChI is InChI=1S/C29H33N3O2/c1-20-11-14-25(23(4)18-20)29(33)30-15-7-10-28-31-26-8-5-6-9-27(26)32(28)16-17-34-24-13-12-21(2)22(3)19-24/h5-6,8-9,11-14,18-19H,7,10,15-17H2,1-4H3,(H,30,33). The Kier molecular flexibility index (Phi) is 7.31. The van der Waals surface area contributed by atoms with Gasteiger partial charge in [-0.2, -0.15) is 0 Å². The van der Waals surface area contributed by atoms with Crippen molar-refractivity contribution in [2.75, 3.05) is 13.2 Å². The van der Waals surface area contributed by atoms with Crippen molar-refractivity contribution in [1.29, 1.82) is 0 Å². The van der Waals surface area contributed by atoms with Gasteiger partial charge < -0.3 is 14.6 Å². The third-order valence-corrected chi connectivity index (χ3v) is 6.28. The van der Waals surface area contributed by atoms with Crippen molar-refractivity contribution in [2.24, 2.45) is 0 Å². The van der Waals surface area contributed by atoms with Crippen molar-refractivity contribution < 1.29 is 9.53 Å². The van der Waals surface area contributed by atoms with E-state index in [1.807, 2.05) is 56.3 Å². The summed E-state index contributed by atoms with van der Waals surface area (Å²) in [4.78, 5) is 17.4.